The summed E-state index contributed by atoms with van der Waals surface area (Å²) in [5.41, 5.74) is 9.35. The van der Waals surface area contributed by atoms with Gasteiger partial charge in [-0.1, -0.05) is 24.3 Å². The molecule has 0 heterocycles. The minimum Gasteiger partial charge on any atom is -0.761 e. The SMILES string of the molecule is N=C(N)c1ccc(COc2ccc(N[O-])cc2)cc1. The maximum atomic E-state index is 10.4. The molecule has 0 spiro atoms. The summed E-state index contributed by atoms with van der Waals surface area (Å²) in [5.74, 6) is 0.739. The second kappa shape index (κ2) is 5.88. The van der Waals surface area contributed by atoms with Gasteiger partial charge in [0.1, 0.15) is 18.2 Å². The van der Waals surface area contributed by atoms with E-state index in [9.17, 15) is 5.21 Å². The van der Waals surface area contributed by atoms with E-state index in [0.717, 1.165) is 5.56 Å². The van der Waals surface area contributed by atoms with E-state index in [1.165, 1.54) is 0 Å². The molecule has 0 saturated carbocycles. The van der Waals surface area contributed by atoms with E-state index in [0.29, 0.717) is 23.6 Å². The summed E-state index contributed by atoms with van der Waals surface area (Å²) in [6, 6.07) is 14.1. The standard InChI is InChI=1S/C14H14N3O2/c15-14(16)11-3-1-10(2-4-11)9-19-13-7-5-12(17-18)6-8-13/h1-8,17H,9H2,(H3,15,16)/q-1. The molecule has 0 atom stereocenters. The quantitative estimate of drug-likeness (QED) is 0.435. The third-order valence-corrected chi connectivity index (χ3v) is 2.64. The van der Waals surface area contributed by atoms with Crippen LogP contribution in [-0.4, -0.2) is 5.84 Å². The first kappa shape index (κ1) is 12.9. The lowest BCUT2D eigenvalue weighted by Crippen LogP contribution is -2.10. The van der Waals surface area contributed by atoms with Crippen LogP contribution in [0.5, 0.6) is 5.75 Å². The maximum Gasteiger partial charge on any atom is 0.122 e. The Morgan fingerprint density at radius 3 is 2.26 bits per heavy atom. The van der Waals surface area contributed by atoms with Gasteiger partial charge in [0.25, 0.3) is 0 Å². The average Bonchev–Trinajstić information content (AvgIpc) is 2.46. The molecule has 98 valence electrons. The molecule has 0 unspecified atom stereocenters. The van der Waals surface area contributed by atoms with Gasteiger partial charge in [-0.25, -0.2) is 0 Å². The smallest absolute Gasteiger partial charge is 0.122 e. The topological polar surface area (TPSA) is 94.2 Å². The zero-order chi connectivity index (χ0) is 13.7. The molecule has 0 aliphatic rings. The number of benzene rings is 2. The first-order valence-electron chi connectivity index (χ1n) is 5.73. The third kappa shape index (κ3) is 3.46. The molecule has 0 fully saturated rings. The Kier molecular flexibility index (Phi) is 4.00. The van der Waals surface area contributed by atoms with Gasteiger partial charge in [-0.05, 0) is 29.8 Å². The summed E-state index contributed by atoms with van der Waals surface area (Å²) < 4.78 is 5.58. The Bertz CT molecular complexity index is 550. The number of nitrogen functional groups attached to an aromatic ring is 1. The van der Waals surface area contributed by atoms with Crippen molar-refractivity contribution in [3.8, 4) is 5.75 Å². The second-order valence-corrected chi connectivity index (χ2v) is 4.03. The maximum absolute atomic E-state index is 10.4. The number of ether oxygens (including phenoxy) is 1. The first-order valence-corrected chi connectivity index (χ1v) is 5.73. The van der Waals surface area contributed by atoms with E-state index < -0.39 is 0 Å². The number of hydrogen-bond acceptors (Lipinski definition) is 4. The minimum absolute atomic E-state index is 0.0492. The number of rotatable bonds is 5. The van der Waals surface area contributed by atoms with E-state index in [2.05, 4.69) is 0 Å². The summed E-state index contributed by atoms with van der Waals surface area (Å²) >= 11 is 0. The van der Waals surface area contributed by atoms with E-state index in [1.54, 1.807) is 36.4 Å². The van der Waals surface area contributed by atoms with Crippen molar-refractivity contribution in [2.45, 2.75) is 6.61 Å². The predicted octanol–water partition coefficient (Wildman–Crippen LogP) is 2.46. The highest BCUT2D eigenvalue weighted by Crippen LogP contribution is 2.16. The van der Waals surface area contributed by atoms with Gasteiger partial charge in [0.15, 0.2) is 0 Å². The van der Waals surface area contributed by atoms with Gasteiger partial charge >= 0.3 is 0 Å². The molecular formula is C14H14N3O2-. The molecule has 0 amide bonds. The van der Waals surface area contributed by atoms with Crippen molar-refractivity contribution in [1.82, 2.24) is 0 Å². The summed E-state index contributed by atoms with van der Waals surface area (Å²) in [6.07, 6.45) is 0. The molecule has 2 aromatic carbocycles. The fourth-order valence-electron chi connectivity index (χ4n) is 1.57. The average molecular weight is 256 g/mol. The molecule has 0 aromatic heterocycles. The third-order valence-electron chi connectivity index (χ3n) is 2.64. The van der Waals surface area contributed by atoms with E-state index in [1.807, 2.05) is 17.6 Å². The number of amidine groups is 1. The fraction of sp³-hybridized carbons (Fsp3) is 0.0714. The van der Waals surface area contributed by atoms with Gasteiger partial charge in [-0.3, -0.25) is 5.41 Å². The van der Waals surface area contributed by atoms with Crippen LogP contribution in [0.4, 0.5) is 5.69 Å². The molecule has 5 heteroatoms. The molecule has 19 heavy (non-hydrogen) atoms. The summed E-state index contributed by atoms with van der Waals surface area (Å²) in [5, 5.41) is 17.7. The molecule has 0 bridgehead atoms. The predicted molar refractivity (Wildman–Crippen MR) is 75.2 cm³/mol. The van der Waals surface area contributed by atoms with Gasteiger partial charge in [0.05, 0.1) is 0 Å². The Balaban J connectivity index is 1.95. The van der Waals surface area contributed by atoms with Crippen LogP contribution in [0, 0.1) is 10.6 Å². The molecule has 0 aliphatic carbocycles. The van der Waals surface area contributed by atoms with E-state index in [4.69, 9.17) is 15.9 Å². The van der Waals surface area contributed by atoms with Gasteiger partial charge in [-0.2, -0.15) is 0 Å². The molecule has 2 aromatic rings. The largest absolute Gasteiger partial charge is 0.761 e. The molecule has 5 nitrogen and oxygen atoms in total. The van der Waals surface area contributed by atoms with Crippen LogP contribution in [0.25, 0.3) is 0 Å². The normalized spacial score (nSPS) is 9.95. The molecular weight excluding hydrogens is 242 g/mol. The highest BCUT2D eigenvalue weighted by molar-refractivity contribution is 5.94. The Hall–Kier alpha value is -2.53. The van der Waals surface area contributed by atoms with Crippen molar-refractivity contribution in [3.63, 3.8) is 0 Å². The van der Waals surface area contributed by atoms with E-state index in [-0.39, 0.29) is 5.84 Å². The molecule has 2 rings (SSSR count). The lowest BCUT2D eigenvalue weighted by atomic mass is 10.1. The fourth-order valence-corrected chi connectivity index (χ4v) is 1.57. The summed E-state index contributed by atoms with van der Waals surface area (Å²) in [4.78, 5) is 0. The Labute approximate surface area is 111 Å². The van der Waals surface area contributed by atoms with Crippen molar-refractivity contribution in [3.05, 3.63) is 64.9 Å². The minimum atomic E-state index is 0.0492. The Morgan fingerprint density at radius 2 is 1.74 bits per heavy atom. The van der Waals surface area contributed by atoms with Crippen LogP contribution in [0.3, 0.4) is 0 Å². The highest BCUT2D eigenvalue weighted by Gasteiger charge is 1.98. The van der Waals surface area contributed by atoms with Crippen LogP contribution in [0.1, 0.15) is 11.1 Å². The van der Waals surface area contributed by atoms with Crippen molar-refractivity contribution in [2.75, 3.05) is 5.48 Å². The van der Waals surface area contributed by atoms with Crippen molar-refractivity contribution in [2.24, 2.45) is 5.73 Å². The zero-order valence-corrected chi connectivity index (χ0v) is 10.2. The van der Waals surface area contributed by atoms with Crippen LogP contribution >= 0.6 is 0 Å². The zero-order valence-electron chi connectivity index (χ0n) is 10.2. The number of hydrogen-bond donors (Lipinski definition) is 3. The number of nitrogens with two attached hydrogens (primary N) is 1. The van der Waals surface area contributed by atoms with Crippen molar-refractivity contribution in [1.29, 1.82) is 5.41 Å². The van der Waals surface area contributed by atoms with Crippen molar-refractivity contribution >= 4 is 11.5 Å². The number of anilines is 1. The van der Waals surface area contributed by atoms with Gasteiger partial charge < -0.3 is 21.2 Å². The highest BCUT2D eigenvalue weighted by atomic mass is 16.5. The van der Waals surface area contributed by atoms with Crippen LogP contribution in [0.2, 0.25) is 0 Å². The Morgan fingerprint density at radius 1 is 1.11 bits per heavy atom. The van der Waals surface area contributed by atoms with Crippen LogP contribution in [0.15, 0.2) is 48.5 Å². The monoisotopic (exact) mass is 256 g/mol. The van der Waals surface area contributed by atoms with Crippen LogP contribution < -0.4 is 16.0 Å². The first-order chi connectivity index (χ1) is 9.19. The second-order valence-electron chi connectivity index (χ2n) is 4.03. The summed E-state index contributed by atoms with van der Waals surface area (Å²) in [6.45, 7) is 0.419. The molecule has 0 aliphatic heterocycles. The van der Waals surface area contributed by atoms with Crippen molar-refractivity contribution < 1.29 is 4.74 Å². The summed E-state index contributed by atoms with van der Waals surface area (Å²) in [7, 11) is 0. The lowest BCUT2D eigenvalue weighted by molar-refractivity contribution is 0.306. The van der Waals surface area contributed by atoms with Gasteiger partial charge in [0, 0.05) is 11.3 Å². The van der Waals surface area contributed by atoms with E-state index >= 15 is 0 Å². The van der Waals surface area contributed by atoms with Crippen LogP contribution in [-0.2, 0) is 6.61 Å². The van der Waals surface area contributed by atoms with Gasteiger partial charge in [0.2, 0.25) is 0 Å². The molecule has 4 N–H and O–H groups in total. The lowest BCUT2D eigenvalue weighted by Gasteiger charge is -2.11. The molecule has 0 radical (unpaired) electrons. The number of nitrogens with one attached hydrogen (secondary N) is 2. The molecule has 0 saturated heterocycles. The van der Waals surface area contributed by atoms with Gasteiger partial charge in [-0.15, -0.1) is 0 Å².